The van der Waals surface area contributed by atoms with Gasteiger partial charge in [-0.2, -0.15) is 0 Å². The van der Waals surface area contributed by atoms with Gasteiger partial charge in [0.1, 0.15) is 18.0 Å². The molecule has 10 nitrogen and oxygen atoms in total. The molecule has 0 saturated carbocycles. The van der Waals surface area contributed by atoms with Crippen molar-refractivity contribution in [2.24, 2.45) is 10.2 Å². The summed E-state index contributed by atoms with van der Waals surface area (Å²) in [7, 11) is -1.33. The minimum Gasteiger partial charge on any atom is -0.497 e. The molecule has 180 valence electrons. The number of benzene rings is 3. The van der Waals surface area contributed by atoms with Gasteiger partial charge in [0.2, 0.25) is 5.88 Å². The molecular formula is C24H22N4O6S. The van der Waals surface area contributed by atoms with E-state index in [4.69, 9.17) is 9.47 Å². The fourth-order valence-corrected chi connectivity index (χ4v) is 4.93. The van der Waals surface area contributed by atoms with Crippen molar-refractivity contribution in [3.8, 4) is 17.4 Å². The first-order chi connectivity index (χ1) is 16.8. The average molecular weight is 495 g/mol. The number of aromatic hydroxyl groups is 1. The Hall–Kier alpha value is -4.38. The van der Waals surface area contributed by atoms with E-state index in [1.165, 1.54) is 38.5 Å². The maximum absolute atomic E-state index is 13.5. The average Bonchev–Trinajstić information content (AvgIpc) is 3.20. The number of amides is 1. The molecule has 2 N–H and O–H groups in total. The Balaban J connectivity index is 1.72. The quantitative estimate of drug-likeness (QED) is 0.349. The number of azo groups is 1. The first kappa shape index (κ1) is 23.8. The molecule has 3 aromatic carbocycles. The maximum atomic E-state index is 13.5. The Bertz CT molecular complexity index is 1500. The highest BCUT2D eigenvalue weighted by molar-refractivity contribution is 7.92. The Morgan fingerprint density at radius 1 is 1.00 bits per heavy atom. The maximum Gasteiger partial charge on any atom is 0.285 e. The highest BCUT2D eigenvalue weighted by Crippen LogP contribution is 2.37. The molecule has 4 aromatic rings. The molecule has 11 heteroatoms. The largest absolute Gasteiger partial charge is 0.497 e. The Morgan fingerprint density at radius 3 is 2.43 bits per heavy atom. The summed E-state index contributed by atoms with van der Waals surface area (Å²) < 4.78 is 38.5. The molecule has 0 unspecified atom stereocenters. The number of carbonyl (C=O) groups is 1. The van der Waals surface area contributed by atoms with Gasteiger partial charge < -0.3 is 19.6 Å². The molecule has 0 saturated heterocycles. The molecule has 1 aromatic heterocycles. The van der Waals surface area contributed by atoms with Crippen LogP contribution in [0.25, 0.3) is 10.9 Å². The van der Waals surface area contributed by atoms with Crippen LogP contribution in [-0.4, -0.2) is 45.2 Å². The van der Waals surface area contributed by atoms with Gasteiger partial charge in [-0.3, -0.25) is 9.10 Å². The zero-order valence-electron chi connectivity index (χ0n) is 18.9. The summed E-state index contributed by atoms with van der Waals surface area (Å²) in [6.07, 6.45) is 0. The van der Waals surface area contributed by atoms with Gasteiger partial charge in [0, 0.05) is 11.5 Å². The van der Waals surface area contributed by atoms with Crippen molar-refractivity contribution in [2.45, 2.75) is 4.90 Å². The number of hydrogen-bond donors (Lipinski definition) is 2. The van der Waals surface area contributed by atoms with Gasteiger partial charge in [-0.15, -0.1) is 10.2 Å². The lowest BCUT2D eigenvalue weighted by Crippen LogP contribution is -2.35. The van der Waals surface area contributed by atoms with E-state index in [1.807, 2.05) is 0 Å². The van der Waals surface area contributed by atoms with E-state index in [1.54, 1.807) is 48.5 Å². The number of hydrogen-bond acceptors (Lipinski definition) is 7. The molecule has 1 heterocycles. The van der Waals surface area contributed by atoms with Crippen molar-refractivity contribution in [3.63, 3.8) is 0 Å². The van der Waals surface area contributed by atoms with Gasteiger partial charge in [0.15, 0.2) is 5.69 Å². The number of methoxy groups -OCH3 is 2. The predicted molar refractivity (Wildman–Crippen MR) is 130 cm³/mol. The van der Waals surface area contributed by atoms with Gasteiger partial charge in [0.25, 0.3) is 15.9 Å². The molecule has 35 heavy (non-hydrogen) atoms. The zero-order valence-corrected chi connectivity index (χ0v) is 19.7. The van der Waals surface area contributed by atoms with Crippen LogP contribution >= 0.6 is 0 Å². The Morgan fingerprint density at radius 2 is 1.71 bits per heavy atom. The van der Waals surface area contributed by atoms with Gasteiger partial charge in [-0.1, -0.05) is 36.4 Å². The van der Waals surface area contributed by atoms with Crippen LogP contribution in [-0.2, 0) is 14.8 Å². The number of sulfonamides is 1. The van der Waals surface area contributed by atoms with E-state index in [2.05, 4.69) is 15.2 Å². The van der Waals surface area contributed by atoms with Crippen molar-refractivity contribution >= 4 is 38.2 Å². The summed E-state index contributed by atoms with van der Waals surface area (Å²) in [4.78, 5) is 15.6. The first-order valence-corrected chi connectivity index (χ1v) is 11.8. The van der Waals surface area contributed by atoms with Crippen molar-refractivity contribution in [1.29, 1.82) is 0 Å². The molecule has 0 radical (unpaired) electrons. The summed E-state index contributed by atoms with van der Waals surface area (Å²) in [5.41, 5.74) is 0.812. The summed E-state index contributed by atoms with van der Waals surface area (Å²) in [5, 5.41) is 18.3. The van der Waals surface area contributed by atoms with Crippen molar-refractivity contribution in [2.75, 3.05) is 25.1 Å². The van der Waals surface area contributed by atoms with E-state index >= 15 is 0 Å². The van der Waals surface area contributed by atoms with Crippen LogP contribution in [0.1, 0.15) is 0 Å². The number of rotatable bonds is 8. The summed E-state index contributed by atoms with van der Waals surface area (Å²) in [6.45, 7) is -0.660. The van der Waals surface area contributed by atoms with E-state index in [0.717, 1.165) is 4.31 Å². The molecule has 0 aliphatic carbocycles. The summed E-state index contributed by atoms with van der Waals surface area (Å²) in [5.74, 6) is -0.480. The molecular weight excluding hydrogens is 472 g/mol. The number of nitrogens with zero attached hydrogens (tertiary/aromatic N) is 3. The van der Waals surface area contributed by atoms with Crippen LogP contribution in [0.3, 0.4) is 0 Å². The number of carbonyl (C=O) groups excluding carboxylic acids is 1. The zero-order chi connectivity index (χ0) is 25.0. The summed E-state index contributed by atoms with van der Waals surface area (Å²) in [6, 6.07) is 19.2. The third kappa shape index (κ3) is 4.80. The van der Waals surface area contributed by atoms with Crippen LogP contribution < -0.4 is 13.8 Å². The number of para-hydroxylation sites is 1. The monoisotopic (exact) mass is 494 g/mol. The molecule has 0 aliphatic heterocycles. The molecule has 4 rings (SSSR count). The van der Waals surface area contributed by atoms with Crippen LogP contribution in [0.4, 0.5) is 11.4 Å². The molecule has 0 atom stereocenters. The number of H-pyrrole nitrogens is 1. The number of anilines is 1. The van der Waals surface area contributed by atoms with Crippen molar-refractivity contribution in [3.05, 3.63) is 72.8 Å². The highest BCUT2D eigenvalue weighted by atomic mass is 32.2. The smallest absolute Gasteiger partial charge is 0.285 e. The molecule has 0 aliphatic rings. The second-order valence-electron chi connectivity index (χ2n) is 7.32. The van der Waals surface area contributed by atoms with Crippen LogP contribution in [0, 0.1) is 0 Å². The minimum atomic E-state index is -4.18. The second-order valence-corrected chi connectivity index (χ2v) is 9.19. The molecule has 0 spiro atoms. The van der Waals surface area contributed by atoms with Gasteiger partial charge in [0.05, 0.1) is 30.3 Å². The first-order valence-electron chi connectivity index (χ1n) is 10.4. The van der Waals surface area contributed by atoms with Gasteiger partial charge in [-0.25, -0.2) is 8.42 Å². The molecule has 1 amide bonds. The third-order valence-corrected chi connectivity index (χ3v) is 6.96. The lowest BCUT2D eigenvalue weighted by Gasteiger charge is -2.25. The molecule has 0 fully saturated rings. The van der Waals surface area contributed by atoms with Crippen LogP contribution in [0.5, 0.6) is 17.4 Å². The Kier molecular flexibility index (Phi) is 6.69. The van der Waals surface area contributed by atoms with Crippen LogP contribution in [0.2, 0.25) is 0 Å². The number of nitrogens with one attached hydrogen (secondary N) is 1. The van der Waals surface area contributed by atoms with E-state index < -0.39 is 22.5 Å². The number of fused-ring (bicyclic) bond motifs is 1. The Labute approximate surface area is 201 Å². The predicted octanol–water partition coefficient (Wildman–Crippen LogP) is 4.40. The highest BCUT2D eigenvalue weighted by Gasteiger charge is 2.29. The van der Waals surface area contributed by atoms with Crippen molar-refractivity contribution in [1.82, 2.24) is 4.98 Å². The van der Waals surface area contributed by atoms with Gasteiger partial charge in [-0.05, 0) is 30.3 Å². The SMILES string of the molecule is COc1ccc(N(CC(=O)N=Nc2c(O)[nH]c3ccccc23)S(=O)(=O)c2ccccc2)c(OC)c1. The lowest BCUT2D eigenvalue weighted by molar-refractivity contribution is -0.116. The number of aromatic amines is 1. The normalized spacial score (nSPS) is 11.6. The second kappa shape index (κ2) is 9.85. The molecule has 0 bridgehead atoms. The minimum absolute atomic E-state index is 0.0168. The number of ether oxygens (including phenoxy) is 2. The van der Waals surface area contributed by atoms with Gasteiger partial charge >= 0.3 is 0 Å². The third-order valence-electron chi connectivity index (χ3n) is 5.19. The van der Waals surface area contributed by atoms with E-state index in [0.29, 0.717) is 16.7 Å². The van der Waals surface area contributed by atoms with Crippen LogP contribution in [0.15, 0.2) is 87.9 Å². The lowest BCUT2D eigenvalue weighted by atomic mass is 10.2. The fourth-order valence-electron chi connectivity index (χ4n) is 3.48. The van der Waals surface area contributed by atoms with Crippen molar-refractivity contribution < 1.29 is 27.8 Å². The summed E-state index contributed by atoms with van der Waals surface area (Å²) >= 11 is 0. The van der Waals surface area contributed by atoms with E-state index in [-0.39, 0.29) is 27.9 Å². The fraction of sp³-hybridized carbons (Fsp3) is 0.125. The van der Waals surface area contributed by atoms with E-state index in [9.17, 15) is 18.3 Å². The standard InChI is InChI=1S/C24H22N4O6S/c1-33-16-12-13-20(21(14-16)34-2)28(35(31,32)17-8-4-3-5-9-17)15-22(29)26-27-23-18-10-6-7-11-19(18)25-24(23)30/h3-14,25,30H,15H2,1-2H3. The number of aromatic nitrogens is 1. The topological polar surface area (TPSA) is 134 Å².